The van der Waals surface area contributed by atoms with Crippen LogP contribution in [0, 0.1) is 0 Å². The van der Waals surface area contributed by atoms with Crippen molar-refractivity contribution in [3.8, 4) is 5.75 Å². The molecule has 0 spiro atoms. The van der Waals surface area contributed by atoms with Gasteiger partial charge in [-0.3, -0.25) is 14.5 Å². The molecule has 1 heterocycles. The van der Waals surface area contributed by atoms with Gasteiger partial charge in [-0.2, -0.15) is 0 Å². The van der Waals surface area contributed by atoms with Gasteiger partial charge in [-0.25, -0.2) is 0 Å². The number of benzene rings is 1. The van der Waals surface area contributed by atoms with Gasteiger partial charge in [0.05, 0.1) is 18.2 Å². The standard InChI is InChI=1S/C19H25Cl2N3O3/c20-14-3-6-17(16(21)12-14)27-11-1-2-19(26)24-9-7-23(8-10-24)13-18(25)22-15-4-5-15/h3,6,12,15H,1-2,4-5,7-11,13H2,(H,22,25). The molecule has 1 aromatic carbocycles. The summed E-state index contributed by atoms with van der Waals surface area (Å²) in [4.78, 5) is 28.1. The van der Waals surface area contributed by atoms with Crippen molar-refractivity contribution in [3.63, 3.8) is 0 Å². The summed E-state index contributed by atoms with van der Waals surface area (Å²) in [6.07, 6.45) is 3.26. The zero-order chi connectivity index (χ0) is 19.2. The van der Waals surface area contributed by atoms with Crippen LogP contribution >= 0.6 is 23.2 Å². The lowest BCUT2D eigenvalue weighted by molar-refractivity contribution is -0.133. The number of carbonyl (C=O) groups excluding carboxylic acids is 2. The Morgan fingerprint density at radius 3 is 2.56 bits per heavy atom. The quantitative estimate of drug-likeness (QED) is 0.665. The molecule has 2 aliphatic rings. The number of hydrogen-bond acceptors (Lipinski definition) is 4. The van der Waals surface area contributed by atoms with Crippen LogP contribution in [0.15, 0.2) is 18.2 Å². The van der Waals surface area contributed by atoms with E-state index in [0.29, 0.717) is 60.9 Å². The lowest BCUT2D eigenvalue weighted by Gasteiger charge is -2.34. The summed E-state index contributed by atoms with van der Waals surface area (Å²) in [5.74, 6) is 0.796. The highest BCUT2D eigenvalue weighted by molar-refractivity contribution is 6.35. The molecule has 1 aliphatic carbocycles. The van der Waals surface area contributed by atoms with E-state index in [1.54, 1.807) is 18.2 Å². The molecule has 1 aromatic rings. The molecular weight excluding hydrogens is 389 g/mol. The van der Waals surface area contributed by atoms with Gasteiger partial charge in [-0.1, -0.05) is 23.2 Å². The smallest absolute Gasteiger partial charge is 0.234 e. The van der Waals surface area contributed by atoms with E-state index >= 15 is 0 Å². The van der Waals surface area contributed by atoms with Gasteiger partial charge in [0.25, 0.3) is 0 Å². The van der Waals surface area contributed by atoms with Crippen LogP contribution in [-0.2, 0) is 9.59 Å². The first-order valence-electron chi connectivity index (χ1n) is 9.38. The van der Waals surface area contributed by atoms with E-state index in [9.17, 15) is 9.59 Å². The summed E-state index contributed by atoms with van der Waals surface area (Å²) in [7, 11) is 0. The number of amides is 2. The van der Waals surface area contributed by atoms with E-state index in [1.165, 1.54) is 0 Å². The van der Waals surface area contributed by atoms with Crippen LogP contribution in [0.2, 0.25) is 10.0 Å². The maximum Gasteiger partial charge on any atom is 0.234 e. The number of piperazine rings is 1. The molecular formula is C19H25Cl2N3O3. The Kier molecular flexibility index (Phi) is 7.21. The van der Waals surface area contributed by atoms with Crippen LogP contribution < -0.4 is 10.1 Å². The fourth-order valence-corrected chi connectivity index (χ4v) is 3.48. The summed E-state index contributed by atoms with van der Waals surface area (Å²) in [5, 5.41) is 4.03. The van der Waals surface area contributed by atoms with Crippen LogP contribution in [0.25, 0.3) is 0 Å². The third-order valence-electron chi connectivity index (χ3n) is 4.72. The predicted octanol–water partition coefficient (Wildman–Crippen LogP) is 2.58. The molecule has 2 amide bonds. The Morgan fingerprint density at radius 2 is 1.89 bits per heavy atom. The number of rotatable bonds is 8. The Balaban J connectivity index is 1.30. The highest BCUT2D eigenvalue weighted by Crippen LogP contribution is 2.27. The van der Waals surface area contributed by atoms with Gasteiger partial charge < -0.3 is 15.0 Å². The molecule has 0 unspecified atom stereocenters. The van der Waals surface area contributed by atoms with E-state index < -0.39 is 0 Å². The fourth-order valence-electron chi connectivity index (χ4n) is 3.02. The Labute approximate surface area is 169 Å². The third kappa shape index (κ3) is 6.55. The molecule has 8 heteroatoms. The van der Waals surface area contributed by atoms with E-state index in [2.05, 4.69) is 10.2 Å². The molecule has 2 fully saturated rings. The van der Waals surface area contributed by atoms with Crippen LogP contribution in [0.3, 0.4) is 0 Å². The number of ether oxygens (including phenoxy) is 1. The minimum Gasteiger partial charge on any atom is -0.492 e. The second kappa shape index (κ2) is 9.62. The van der Waals surface area contributed by atoms with Gasteiger partial charge >= 0.3 is 0 Å². The second-order valence-electron chi connectivity index (χ2n) is 7.03. The van der Waals surface area contributed by atoms with Crippen LogP contribution in [-0.4, -0.2) is 67.0 Å². The molecule has 6 nitrogen and oxygen atoms in total. The van der Waals surface area contributed by atoms with Crippen molar-refractivity contribution in [2.24, 2.45) is 0 Å². The lowest BCUT2D eigenvalue weighted by atomic mass is 10.2. The maximum atomic E-state index is 12.3. The number of carbonyl (C=O) groups is 2. The molecule has 3 rings (SSSR count). The zero-order valence-corrected chi connectivity index (χ0v) is 16.8. The number of nitrogens with zero attached hydrogens (tertiary/aromatic N) is 2. The monoisotopic (exact) mass is 413 g/mol. The van der Waals surface area contributed by atoms with E-state index in [-0.39, 0.29) is 11.8 Å². The molecule has 0 bridgehead atoms. The average molecular weight is 414 g/mol. The fraction of sp³-hybridized carbons (Fsp3) is 0.579. The molecule has 1 aliphatic heterocycles. The van der Waals surface area contributed by atoms with Crippen molar-refractivity contribution in [1.82, 2.24) is 15.1 Å². The molecule has 0 aromatic heterocycles. The van der Waals surface area contributed by atoms with Gasteiger partial charge in [0.2, 0.25) is 11.8 Å². The van der Waals surface area contributed by atoms with Crippen LogP contribution in [0.1, 0.15) is 25.7 Å². The van der Waals surface area contributed by atoms with Crippen LogP contribution in [0.4, 0.5) is 0 Å². The first kappa shape index (κ1) is 20.2. The molecule has 1 saturated heterocycles. The Bertz CT molecular complexity index is 674. The zero-order valence-electron chi connectivity index (χ0n) is 15.3. The average Bonchev–Trinajstić information content (AvgIpc) is 3.44. The topological polar surface area (TPSA) is 61.9 Å². The first-order valence-corrected chi connectivity index (χ1v) is 10.1. The molecule has 148 valence electrons. The van der Waals surface area contributed by atoms with Gasteiger partial charge in [0.1, 0.15) is 5.75 Å². The summed E-state index contributed by atoms with van der Waals surface area (Å²) in [6, 6.07) is 5.47. The second-order valence-corrected chi connectivity index (χ2v) is 7.87. The van der Waals surface area contributed by atoms with Crippen molar-refractivity contribution < 1.29 is 14.3 Å². The van der Waals surface area contributed by atoms with Crippen molar-refractivity contribution in [1.29, 1.82) is 0 Å². The minimum absolute atomic E-state index is 0.0929. The molecule has 0 atom stereocenters. The highest BCUT2D eigenvalue weighted by atomic mass is 35.5. The van der Waals surface area contributed by atoms with E-state index in [1.807, 2.05) is 4.90 Å². The normalized spacial score (nSPS) is 17.6. The van der Waals surface area contributed by atoms with Gasteiger partial charge in [0.15, 0.2) is 0 Å². The van der Waals surface area contributed by atoms with Crippen molar-refractivity contribution >= 4 is 35.0 Å². The van der Waals surface area contributed by atoms with E-state index in [4.69, 9.17) is 27.9 Å². The Hall–Kier alpha value is -1.50. The minimum atomic E-state index is 0.0929. The van der Waals surface area contributed by atoms with Gasteiger partial charge in [0, 0.05) is 43.7 Å². The lowest BCUT2D eigenvalue weighted by Crippen LogP contribution is -2.51. The summed E-state index contributed by atoms with van der Waals surface area (Å²) in [5.41, 5.74) is 0. The summed E-state index contributed by atoms with van der Waals surface area (Å²) >= 11 is 11.9. The predicted molar refractivity (Wildman–Crippen MR) is 105 cm³/mol. The SMILES string of the molecule is O=C(CN1CCN(C(=O)CCCOc2ccc(Cl)cc2Cl)CC1)NC1CC1. The number of hydrogen-bond donors (Lipinski definition) is 1. The van der Waals surface area contributed by atoms with Gasteiger partial charge in [-0.05, 0) is 37.5 Å². The largest absolute Gasteiger partial charge is 0.492 e. The first-order chi connectivity index (χ1) is 13.0. The number of halogens is 2. The van der Waals surface area contributed by atoms with Crippen molar-refractivity contribution in [2.45, 2.75) is 31.7 Å². The van der Waals surface area contributed by atoms with Crippen molar-refractivity contribution in [3.05, 3.63) is 28.2 Å². The van der Waals surface area contributed by atoms with Crippen LogP contribution in [0.5, 0.6) is 5.75 Å². The number of nitrogens with one attached hydrogen (secondary N) is 1. The summed E-state index contributed by atoms with van der Waals surface area (Å²) in [6.45, 7) is 3.66. The molecule has 1 saturated carbocycles. The summed E-state index contributed by atoms with van der Waals surface area (Å²) < 4.78 is 5.61. The molecule has 1 N–H and O–H groups in total. The third-order valence-corrected chi connectivity index (χ3v) is 5.25. The molecule has 0 radical (unpaired) electrons. The maximum absolute atomic E-state index is 12.3. The Morgan fingerprint density at radius 1 is 1.15 bits per heavy atom. The highest BCUT2D eigenvalue weighted by Gasteiger charge is 2.26. The van der Waals surface area contributed by atoms with Crippen molar-refractivity contribution in [2.75, 3.05) is 39.3 Å². The van der Waals surface area contributed by atoms with Gasteiger partial charge in [-0.15, -0.1) is 0 Å². The van der Waals surface area contributed by atoms with E-state index in [0.717, 1.165) is 25.9 Å². The molecule has 27 heavy (non-hydrogen) atoms.